The molecule has 0 unspecified atom stereocenters. The topological polar surface area (TPSA) is 50.9 Å². The van der Waals surface area contributed by atoms with E-state index < -0.39 is 0 Å². The maximum atomic E-state index is 5.48. The number of pyridine rings is 1. The average Bonchev–Trinajstić information content (AvgIpc) is 2.25. The van der Waals surface area contributed by atoms with Crippen molar-refractivity contribution in [1.82, 2.24) is 4.98 Å². The van der Waals surface area contributed by atoms with Crippen LogP contribution in [0.2, 0.25) is 0 Å². The van der Waals surface area contributed by atoms with Crippen molar-refractivity contribution in [2.24, 2.45) is 5.73 Å². The smallest absolute Gasteiger partial charge is 0.0725 e. The van der Waals surface area contributed by atoms with E-state index in [0.717, 1.165) is 28.8 Å². The SMILES string of the molecule is Cc1cc(NCCN)c2ccccc2n1.Cl.Cl. The van der Waals surface area contributed by atoms with Gasteiger partial charge in [-0.2, -0.15) is 0 Å². The average molecular weight is 274 g/mol. The summed E-state index contributed by atoms with van der Waals surface area (Å²) in [4.78, 5) is 4.47. The number of para-hydroxylation sites is 1. The molecule has 0 spiro atoms. The van der Waals surface area contributed by atoms with Crippen molar-refractivity contribution in [3.05, 3.63) is 36.0 Å². The summed E-state index contributed by atoms with van der Waals surface area (Å²) in [7, 11) is 0. The molecule has 3 nitrogen and oxygen atoms in total. The molecule has 0 saturated carbocycles. The van der Waals surface area contributed by atoms with Crippen molar-refractivity contribution in [3.63, 3.8) is 0 Å². The van der Waals surface area contributed by atoms with Crippen LogP contribution in [0.5, 0.6) is 0 Å². The second-order valence-electron chi connectivity index (χ2n) is 3.54. The molecular weight excluding hydrogens is 257 g/mol. The van der Waals surface area contributed by atoms with Crippen molar-refractivity contribution in [1.29, 1.82) is 0 Å². The predicted molar refractivity (Wildman–Crippen MR) is 78.5 cm³/mol. The van der Waals surface area contributed by atoms with E-state index in [1.807, 2.05) is 25.1 Å². The highest BCUT2D eigenvalue weighted by atomic mass is 35.5. The summed E-state index contributed by atoms with van der Waals surface area (Å²) in [6.07, 6.45) is 0. The number of rotatable bonds is 3. The molecule has 0 atom stereocenters. The van der Waals surface area contributed by atoms with Crippen LogP contribution in [0.4, 0.5) is 5.69 Å². The minimum Gasteiger partial charge on any atom is -0.383 e. The summed E-state index contributed by atoms with van der Waals surface area (Å²) < 4.78 is 0. The minimum atomic E-state index is 0. The fraction of sp³-hybridized carbons (Fsp3) is 0.250. The summed E-state index contributed by atoms with van der Waals surface area (Å²) in [5.74, 6) is 0. The summed E-state index contributed by atoms with van der Waals surface area (Å²) in [6, 6.07) is 10.2. The molecule has 0 aliphatic rings. The van der Waals surface area contributed by atoms with Crippen LogP contribution < -0.4 is 11.1 Å². The summed E-state index contributed by atoms with van der Waals surface area (Å²) in [6.45, 7) is 3.42. The van der Waals surface area contributed by atoms with Gasteiger partial charge in [0.15, 0.2) is 0 Å². The third-order valence-corrected chi connectivity index (χ3v) is 2.30. The number of nitrogens with one attached hydrogen (secondary N) is 1. The first-order chi connectivity index (χ1) is 7.31. The largest absolute Gasteiger partial charge is 0.383 e. The van der Waals surface area contributed by atoms with E-state index in [2.05, 4.69) is 22.4 Å². The van der Waals surface area contributed by atoms with E-state index in [-0.39, 0.29) is 24.8 Å². The number of aryl methyl sites for hydroxylation is 1. The molecular formula is C12H17Cl2N3. The van der Waals surface area contributed by atoms with E-state index >= 15 is 0 Å². The molecule has 17 heavy (non-hydrogen) atoms. The fourth-order valence-corrected chi connectivity index (χ4v) is 1.66. The number of hydrogen-bond donors (Lipinski definition) is 2. The molecule has 1 aromatic carbocycles. The molecule has 0 aliphatic heterocycles. The zero-order chi connectivity index (χ0) is 10.7. The fourth-order valence-electron chi connectivity index (χ4n) is 1.66. The Morgan fingerprint density at radius 2 is 1.94 bits per heavy atom. The molecule has 0 amide bonds. The van der Waals surface area contributed by atoms with E-state index in [4.69, 9.17) is 5.73 Å². The monoisotopic (exact) mass is 273 g/mol. The van der Waals surface area contributed by atoms with Gasteiger partial charge in [0, 0.05) is 29.9 Å². The number of hydrogen-bond acceptors (Lipinski definition) is 3. The van der Waals surface area contributed by atoms with Gasteiger partial charge in [-0.15, -0.1) is 24.8 Å². The minimum absolute atomic E-state index is 0. The van der Waals surface area contributed by atoms with Crippen LogP contribution in [0.3, 0.4) is 0 Å². The number of benzene rings is 1. The highest BCUT2D eigenvalue weighted by Gasteiger charge is 2.01. The molecule has 0 bridgehead atoms. The van der Waals surface area contributed by atoms with Crippen molar-refractivity contribution in [2.45, 2.75) is 6.92 Å². The van der Waals surface area contributed by atoms with Crippen molar-refractivity contribution >= 4 is 41.4 Å². The van der Waals surface area contributed by atoms with Gasteiger partial charge in [0.25, 0.3) is 0 Å². The second-order valence-corrected chi connectivity index (χ2v) is 3.54. The van der Waals surface area contributed by atoms with Crippen LogP contribution in [0.15, 0.2) is 30.3 Å². The van der Waals surface area contributed by atoms with Gasteiger partial charge in [-0.1, -0.05) is 18.2 Å². The Hall–Kier alpha value is -1.03. The summed E-state index contributed by atoms with van der Waals surface area (Å²) in [5.41, 5.74) is 8.64. The summed E-state index contributed by atoms with van der Waals surface area (Å²) in [5, 5.41) is 4.46. The van der Waals surface area contributed by atoms with E-state index in [1.165, 1.54) is 0 Å². The molecule has 0 aliphatic carbocycles. The van der Waals surface area contributed by atoms with E-state index in [0.29, 0.717) is 6.54 Å². The number of anilines is 1. The molecule has 1 heterocycles. The zero-order valence-corrected chi connectivity index (χ0v) is 11.3. The standard InChI is InChI=1S/C12H15N3.2ClH/c1-9-8-12(14-7-6-13)10-4-2-3-5-11(10)15-9;;/h2-5,8H,6-7,13H2,1H3,(H,14,15);2*1H. The third kappa shape index (κ3) is 3.73. The van der Waals surface area contributed by atoms with Crippen LogP contribution in [0.1, 0.15) is 5.69 Å². The second kappa shape index (κ2) is 7.33. The van der Waals surface area contributed by atoms with Gasteiger partial charge in [0.1, 0.15) is 0 Å². The van der Waals surface area contributed by atoms with Crippen LogP contribution in [0.25, 0.3) is 10.9 Å². The van der Waals surface area contributed by atoms with E-state index in [9.17, 15) is 0 Å². The molecule has 3 N–H and O–H groups in total. The zero-order valence-electron chi connectivity index (χ0n) is 9.64. The lowest BCUT2D eigenvalue weighted by Gasteiger charge is -2.09. The molecule has 1 aromatic heterocycles. The lowest BCUT2D eigenvalue weighted by atomic mass is 10.1. The molecule has 5 heteroatoms. The lowest BCUT2D eigenvalue weighted by Crippen LogP contribution is -2.13. The molecule has 2 rings (SSSR count). The number of nitrogens with zero attached hydrogens (tertiary/aromatic N) is 1. The maximum Gasteiger partial charge on any atom is 0.0725 e. The lowest BCUT2D eigenvalue weighted by molar-refractivity contribution is 1.02. The Morgan fingerprint density at radius 1 is 1.24 bits per heavy atom. The first-order valence-corrected chi connectivity index (χ1v) is 5.11. The first-order valence-electron chi connectivity index (χ1n) is 5.11. The molecule has 0 radical (unpaired) electrons. The number of aromatic nitrogens is 1. The van der Waals surface area contributed by atoms with Crippen LogP contribution in [0, 0.1) is 6.92 Å². The first kappa shape index (κ1) is 16.0. The van der Waals surface area contributed by atoms with Gasteiger partial charge >= 0.3 is 0 Å². The van der Waals surface area contributed by atoms with Crippen LogP contribution in [-0.4, -0.2) is 18.1 Å². The van der Waals surface area contributed by atoms with Crippen molar-refractivity contribution in [3.8, 4) is 0 Å². The highest BCUT2D eigenvalue weighted by molar-refractivity contribution is 5.91. The van der Waals surface area contributed by atoms with Crippen molar-refractivity contribution < 1.29 is 0 Å². The normalized spacial score (nSPS) is 9.29. The van der Waals surface area contributed by atoms with Gasteiger partial charge in [0.05, 0.1) is 5.52 Å². The summed E-state index contributed by atoms with van der Waals surface area (Å²) >= 11 is 0. The van der Waals surface area contributed by atoms with Crippen LogP contribution >= 0.6 is 24.8 Å². The Balaban J connectivity index is 0.00000128. The maximum absolute atomic E-state index is 5.48. The molecule has 2 aromatic rings. The van der Waals surface area contributed by atoms with Gasteiger partial charge < -0.3 is 11.1 Å². The molecule has 0 saturated heterocycles. The van der Waals surface area contributed by atoms with Crippen molar-refractivity contribution in [2.75, 3.05) is 18.4 Å². The number of fused-ring (bicyclic) bond motifs is 1. The quantitative estimate of drug-likeness (QED) is 0.904. The molecule has 0 fully saturated rings. The van der Waals surface area contributed by atoms with Gasteiger partial charge in [-0.25, -0.2) is 0 Å². The van der Waals surface area contributed by atoms with Gasteiger partial charge in [-0.05, 0) is 19.1 Å². The highest BCUT2D eigenvalue weighted by Crippen LogP contribution is 2.22. The Kier molecular flexibility index (Phi) is 6.88. The van der Waals surface area contributed by atoms with Gasteiger partial charge in [-0.3, -0.25) is 4.98 Å². The Labute approximate surface area is 114 Å². The van der Waals surface area contributed by atoms with Gasteiger partial charge in [0.2, 0.25) is 0 Å². The Bertz CT molecular complexity index is 474. The Morgan fingerprint density at radius 3 is 2.65 bits per heavy atom. The molecule has 94 valence electrons. The number of nitrogens with two attached hydrogens (primary N) is 1. The van der Waals surface area contributed by atoms with Crippen LogP contribution in [-0.2, 0) is 0 Å². The third-order valence-electron chi connectivity index (χ3n) is 2.30. The predicted octanol–water partition coefficient (Wildman–Crippen LogP) is 2.76. The van der Waals surface area contributed by atoms with E-state index in [1.54, 1.807) is 0 Å². The number of halogens is 2.